The first kappa shape index (κ1) is 22.0. The summed E-state index contributed by atoms with van der Waals surface area (Å²) in [5.74, 6) is -0.880. The maximum Gasteiger partial charge on any atom is 0.328 e. The summed E-state index contributed by atoms with van der Waals surface area (Å²) in [5, 5.41) is 21.0. The van der Waals surface area contributed by atoms with E-state index in [4.69, 9.17) is 21.7 Å². The molecule has 0 radical (unpaired) electrons. The minimum atomic E-state index is -1.21. The lowest BCUT2D eigenvalue weighted by atomic mass is 9.99. The molecule has 1 saturated carbocycles. The number of carbonyl (C=O) groups is 2. The number of aromatic nitrogens is 2. The second kappa shape index (κ2) is 9.14. The van der Waals surface area contributed by atoms with Crippen molar-refractivity contribution in [1.82, 2.24) is 14.5 Å². The van der Waals surface area contributed by atoms with Crippen LogP contribution in [0, 0.1) is 5.92 Å². The molecule has 1 heterocycles. The third-order valence-corrected chi connectivity index (χ3v) is 5.95. The summed E-state index contributed by atoms with van der Waals surface area (Å²) in [6.07, 6.45) is 2.69. The van der Waals surface area contributed by atoms with Gasteiger partial charge in [0.15, 0.2) is 0 Å². The van der Waals surface area contributed by atoms with Gasteiger partial charge in [-0.1, -0.05) is 35.9 Å². The summed E-state index contributed by atoms with van der Waals surface area (Å²) in [7, 11) is 1.84. The molecule has 4 rings (SSSR count). The van der Waals surface area contributed by atoms with Crippen molar-refractivity contribution in [3.05, 3.63) is 77.1 Å². The van der Waals surface area contributed by atoms with Crippen LogP contribution in [0.15, 0.2) is 60.7 Å². The number of para-hydroxylation sites is 2. The maximum atomic E-state index is 13.2. The molecule has 0 aliphatic heterocycles. The van der Waals surface area contributed by atoms with Crippen molar-refractivity contribution in [2.75, 3.05) is 6.54 Å². The third-order valence-electron chi connectivity index (χ3n) is 5.71. The van der Waals surface area contributed by atoms with Crippen molar-refractivity contribution in [2.24, 2.45) is 13.0 Å². The van der Waals surface area contributed by atoms with E-state index in [9.17, 15) is 14.7 Å². The fourth-order valence-electron chi connectivity index (χ4n) is 3.91. The lowest BCUT2D eigenvalue weighted by Gasteiger charge is -2.34. The molecule has 3 aromatic rings. The fraction of sp³-hybridized carbons (Fsp3) is 0.292. The Morgan fingerprint density at radius 1 is 1.22 bits per heavy atom. The maximum absolute atomic E-state index is 13.2. The molecule has 2 N–H and O–H groups in total. The van der Waals surface area contributed by atoms with E-state index in [1.165, 1.54) is 4.90 Å². The van der Waals surface area contributed by atoms with Crippen LogP contribution in [0.2, 0.25) is 5.02 Å². The van der Waals surface area contributed by atoms with Crippen LogP contribution in [0.1, 0.15) is 36.4 Å². The molecular weight excluding hydrogens is 430 g/mol. The van der Waals surface area contributed by atoms with Gasteiger partial charge in [0, 0.05) is 30.8 Å². The number of imidazole rings is 1. The number of fused-ring (bicyclic) bond motifs is 1. The van der Waals surface area contributed by atoms with Crippen molar-refractivity contribution < 1.29 is 19.8 Å². The van der Waals surface area contributed by atoms with Crippen LogP contribution in [-0.4, -0.2) is 43.1 Å². The van der Waals surface area contributed by atoms with E-state index in [0.29, 0.717) is 28.9 Å². The van der Waals surface area contributed by atoms with Gasteiger partial charge in [0.05, 0.1) is 11.0 Å². The number of nitrogens with zero attached hydrogens (tertiary/aromatic N) is 3. The Morgan fingerprint density at radius 2 is 1.97 bits per heavy atom. The number of aryl methyl sites for hydroxylation is 1. The molecule has 0 bridgehead atoms. The Balaban J connectivity index is 1.84. The fourth-order valence-corrected chi connectivity index (χ4v) is 4.11. The van der Waals surface area contributed by atoms with Crippen LogP contribution in [0.4, 0.5) is 0 Å². The molecule has 1 aromatic heterocycles. The Labute approximate surface area is 190 Å². The number of carbonyl (C=O) groups excluding carboxylic acids is 1. The molecule has 0 saturated heterocycles. The van der Waals surface area contributed by atoms with Crippen LogP contribution < -0.4 is 0 Å². The summed E-state index contributed by atoms with van der Waals surface area (Å²) in [6, 6.07) is 13.6. The van der Waals surface area contributed by atoms with Crippen molar-refractivity contribution in [1.29, 1.82) is 0 Å². The van der Waals surface area contributed by atoms with Crippen molar-refractivity contribution in [2.45, 2.75) is 25.0 Å². The second-order valence-electron chi connectivity index (χ2n) is 8.07. The van der Waals surface area contributed by atoms with Crippen LogP contribution in [-0.2, 0) is 16.6 Å². The van der Waals surface area contributed by atoms with Gasteiger partial charge in [0.25, 0.3) is 0 Å². The van der Waals surface area contributed by atoms with E-state index in [0.717, 1.165) is 36.0 Å². The van der Waals surface area contributed by atoms with Gasteiger partial charge in [0.1, 0.15) is 18.0 Å². The number of benzene rings is 2. The monoisotopic (exact) mass is 453 g/mol. The highest BCUT2D eigenvalue weighted by molar-refractivity contribution is 6.30. The molecule has 7 nitrogen and oxygen atoms in total. The zero-order valence-electron chi connectivity index (χ0n) is 17.6. The number of amides is 1. The first-order valence-electron chi connectivity index (χ1n) is 10.4. The Hall–Kier alpha value is -3.16. The van der Waals surface area contributed by atoms with Crippen molar-refractivity contribution in [3.8, 4) is 0 Å². The molecule has 32 heavy (non-hydrogen) atoms. The zero-order chi connectivity index (χ0) is 22.8. The minimum absolute atomic E-state index is 0.306. The standard InChI is InChI=1S/C24H24ClN3O4/c1-27-19-8-3-2-7-18(19)26-24(27)22(23(32)16-5-4-6-17(25)13-16)28(14-15-9-10-15)20(29)11-12-21(30)31/h2-8,11-13,15,22-23,32H,9-10,14H2,1H3,(H,30,31)/b12-11+/t22-,23+/m0/s1. The number of aliphatic hydroxyl groups excluding tert-OH is 1. The number of carboxylic acid groups (broad SMARTS) is 1. The number of aliphatic hydroxyl groups is 1. The first-order valence-corrected chi connectivity index (χ1v) is 10.8. The van der Waals surface area contributed by atoms with E-state index in [-0.39, 0.29) is 0 Å². The van der Waals surface area contributed by atoms with Gasteiger partial charge in [-0.05, 0) is 48.6 Å². The predicted octanol–water partition coefficient (Wildman–Crippen LogP) is 3.88. The number of rotatable bonds is 8. The summed E-state index contributed by atoms with van der Waals surface area (Å²) in [5.41, 5.74) is 2.16. The molecule has 1 fully saturated rings. The van der Waals surface area contributed by atoms with Gasteiger partial charge in [-0.25, -0.2) is 9.78 Å². The van der Waals surface area contributed by atoms with Gasteiger partial charge in [0.2, 0.25) is 5.91 Å². The molecule has 2 atom stereocenters. The number of hydrogen-bond acceptors (Lipinski definition) is 4. The van der Waals surface area contributed by atoms with E-state index in [2.05, 4.69) is 0 Å². The SMILES string of the molecule is Cn1c([C@H]([C@H](O)c2cccc(Cl)c2)N(CC2CC2)C(=O)/C=C/C(=O)O)nc2ccccc21. The van der Waals surface area contributed by atoms with Gasteiger partial charge in [-0.3, -0.25) is 4.79 Å². The molecular formula is C24H24ClN3O4. The van der Waals surface area contributed by atoms with Gasteiger partial charge >= 0.3 is 5.97 Å². The van der Waals surface area contributed by atoms with Crippen molar-refractivity contribution >= 4 is 34.5 Å². The van der Waals surface area contributed by atoms with E-state index in [1.807, 2.05) is 35.9 Å². The van der Waals surface area contributed by atoms with Crippen LogP contribution in [0.3, 0.4) is 0 Å². The average Bonchev–Trinajstić information content (AvgIpc) is 3.54. The normalized spacial score (nSPS) is 15.7. The lowest BCUT2D eigenvalue weighted by Crippen LogP contribution is -2.40. The Kier molecular flexibility index (Phi) is 6.30. The highest BCUT2D eigenvalue weighted by Crippen LogP contribution is 2.39. The summed E-state index contributed by atoms with van der Waals surface area (Å²) >= 11 is 6.17. The van der Waals surface area contributed by atoms with E-state index in [1.54, 1.807) is 24.3 Å². The molecule has 1 aliphatic rings. The molecule has 166 valence electrons. The smallest absolute Gasteiger partial charge is 0.328 e. The van der Waals surface area contributed by atoms with E-state index < -0.39 is 24.0 Å². The largest absolute Gasteiger partial charge is 0.478 e. The highest BCUT2D eigenvalue weighted by Gasteiger charge is 2.38. The topological polar surface area (TPSA) is 95.7 Å². The van der Waals surface area contributed by atoms with Crippen LogP contribution >= 0.6 is 11.6 Å². The van der Waals surface area contributed by atoms with Crippen LogP contribution in [0.25, 0.3) is 11.0 Å². The molecule has 0 spiro atoms. The zero-order valence-corrected chi connectivity index (χ0v) is 18.3. The van der Waals surface area contributed by atoms with Crippen LogP contribution in [0.5, 0.6) is 0 Å². The number of aliphatic carboxylic acids is 1. The average molecular weight is 454 g/mol. The molecule has 1 amide bonds. The third kappa shape index (κ3) is 4.69. The number of carboxylic acids is 1. The summed E-state index contributed by atoms with van der Waals surface area (Å²) in [6.45, 7) is 0.397. The van der Waals surface area contributed by atoms with Gasteiger partial charge in [-0.2, -0.15) is 0 Å². The second-order valence-corrected chi connectivity index (χ2v) is 8.50. The minimum Gasteiger partial charge on any atom is -0.478 e. The summed E-state index contributed by atoms with van der Waals surface area (Å²) in [4.78, 5) is 30.5. The molecule has 1 aliphatic carbocycles. The first-order chi connectivity index (χ1) is 15.3. The lowest BCUT2D eigenvalue weighted by molar-refractivity contribution is -0.134. The van der Waals surface area contributed by atoms with Gasteiger partial charge in [-0.15, -0.1) is 0 Å². The number of hydrogen-bond donors (Lipinski definition) is 2. The molecule has 0 unspecified atom stereocenters. The quantitative estimate of drug-likeness (QED) is 0.504. The predicted molar refractivity (Wildman–Crippen MR) is 121 cm³/mol. The Morgan fingerprint density at radius 3 is 2.62 bits per heavy atom. The molecule has 8 heteroatoms. The Bertz CT molecular complexity index is 1180. The summed E-state index contributed by atoms with van der Waals surface area (Å²) < 4.78 is 1.86. The molecule has 2 aromatic carbocycles. The highest BCUT2D eigenvalue weighted by atomic mass is 35.5. The number of halogens is 1. The van der Waals surface area contributed by atoms with Gasteiger partial charge < -0.3 is 19.7 Å². The van der Waals surface area contributed by atoms with Crippen molar-refractivity contribution in [3.63, 3.8) is 0 Å². The van der Waals surface area contributed by atoms with E-state index >= 15 is 0 Å².